The summed E-state index contributed by atoms with van der Waals surface area (Å²) in [6.07, 6.45) is 8.95. The van der Waals surface area contributed by atoms with Gasteiger partial charge < -0.3 is 9.47 Å². The molecule has 0 amide bonds. The smallest absolute Gasteiger partial charge is 0.475 e. The van der Waals surface area contributed by atoms with Crippen molar-refractivity contribution in [3.8, 4) is 5.75 Å². The lowest BCUT2D eigenvalue weighted by atomic mass is 9.94. The standard InChI is InChI=1S/C28H46NO6P/c1-9-10-11-12-13-20-31-25-16-14-24(15-17-25)18-19-28(21-32-23(2)29-28)22-33-36(30,34-26(3,4)5)35-27(6,7)8/h9-10,14-17H,11-13,18-22H2,1-8H3. The molecule has 0 saturated carbocycles. The zero-order chi connectivity index (χ0) is 26.9. The summed E-state index contributed by atoms with van der Waals surface area (Å²) < 4.78 is 42.5. The molecule has 1 heterocycles. The molecule has 0 N–H and O–H groups in total. The van der Waals surface area contributed by atoms with Crippen LogP contribution in [0.5, 0.6) is 5.75 Å². The van der Waals surface area contributed by atoms with E-state index in [1.807, 2.05) is 67.5 Å². The quantitative estimate of drug-likeness (QED) is 0.141. The molecule has 0 saturated heterocycles. The van der Waals surface area contributed by atoms with Crippen LogP contribution in [0.2, 0.25) is 0 Å². The highest BCUT2D eigenvalue weighted by molar-refractivity contribution is 7.48. The second-order valence-electron chi connectivity index (χ2n) is 11.3. The van der Waals surface area contributed by atoms with Crippen molar-refractivity contribution in [1.82, 2.24) is 0 Å². The number of nitrogens with zero attached hydrogens (tertiary/aromatic N) is 1. The van der Waals surface area contributed by atoms with Crippen LogP contribution in [-0.2, 0) is 29.3 Å². The lowest BCUT2D eigenvalue weighted by Gasteiger charge is -2.33. The minimum atomic E-state index is -3.84. The number of aliphatic imine (C=N–C) groups is 1. The van der Waals surface area contributed by atoms with E-state index in [-0.39, 0.29) is 6.61 Å². The summed E-state index contributed by atoms with van der Waals surface area (Å²) in [7, 11) is -3.84. The van der Waals surface area contributed by atoms with Gasteiger partial charge in [-0.05, 0) is 98.3 Å². The third-order valence-electron chi connectivity index (χ3n) is 5.28. The largest absolute Gasteiger partial charge is 0.494 e. The molecule has 0 radical (unpaired) electrons. The van der Waals surface area contributed by atoms with Crippen LogP contribution in [0, 0.1) is 0 Å². The Kier molecular flexibility index (Phi) is 11.2. The van der Waals surface area contributed by atoms with E-state index in [1.165, 1.54) is 0 Å². The third-order valence-corrected chi connectivity index (χ3v) is 7.27. The van der Waals surface area contributed by atoms with Crippen molar-refractivity contribution < 1.29 is 27.6 Å². The van der Waals surface area contributed by atoms with E-state index in [2.05, 4.69) is 24.3 Å². The fourth-order valence-electron chi connectivity index (χ4n) is 3.70. The summed E-state index contributed by atoms with van der Waals surface area (Å²) in [5, 5.41) is 0. The van der Waals surface area contributed by atoms with Crippen LogP contribution in [0.15, 0.2) is 41.4 Å². The summed E-state index contributed by atoms with van der Waals surface area (Å²) in [4.78, 5) is 4.73. The van der Waals surface area contributed by atoms with E-state index in [0.717, 1.165) is 43.6 Å². The molecule has 0 aromatic heterocycles. The minimum Gasteiger partial charge on any atom is -0.494 e. The Hall–Kier alpha value is -1.66. The lowest BCUT2D eigenvalue weighted by Crippen LogP contribution is -2.36. The maximum atomic E-state index is 13.5. The van der Waals surface area contributed by atoms with E-state index in [9.17, 15) is 4.57 Å². The maximum Gasteiger partial charge on any atom is 0.475 e. The Morgan fingerprint density at radius 2 is 1.69 bits per heavy atom. The molecule has 1 unspecified atom stereocenters. The van der Waals surface area contributed by atoms with Gasteiger partial charge in [0.2, 0.25) is 0 Å². The van der Waals surface area contributed by atoms with Crippen molar-refractivity contribution in [2.45, 2.75) is 104 Å². The molecular formula is C28H46NO6P. The highest BCUT2D eigenvalue weighted by Gasteiger charge is 2.42. The number of aryl methyl sites for hydroxylation is 1. The molecule has 0 aliphatic carbocycles. The number of hydrogen-bond acceptors (Lipinski definition) is 7. The van der Waals surface area contributed by atoms with E-state index >= 15 is 0 Å². The summed E-state index contributed by atoms with van der Waals surface area (Å²) in [5.41, 5.74) is -0.898. The molecule has 0 spiro atoms. The van der Waals surface area contributed by atoms with Gasteiger partial charge in [-0.25, -0.2) is 9.56 Å². The van der Waals surface area contributed by atoms with Crippen LogP contribution in [0.4, 0.5) is 0 Å². The van der Waals surface area contributed by atoms with Crippen molar-refractivity contribution in [3.05, 3.63) is 42.0 Å². The number of rotatable bonds is 14. The second-order valence-corrected chi connectivity index (χ2v) is 12.8. The minimum absolute atomic E-state index is 0.0716. The number of ether oxygens (including phenoxy) is 2. The van der Waals surface area contributed by atoms with E-state index in [0.29, 0.717) is 18.9 Å². The summed E-state index contributed by atoms with van der Waals surface area (Å²) in [6.45, 7) is 15.9. The summed E-state index contributed by atoms with van der Waals surface area (Å²) >= 11 is 0. The van der Waals surface area contributed by atoms with Crippen molar-refractivity contribution in [2.75, 3.05) is 19.8 Å². The molecule has 1 aliphatic heterocycles. The first-order valence-corrected chi connectivity index (χ1v) is 14.4. The molecule has 0 bridgehead atoms. The van der Waals surface area contributed by atoms with Crippen LogP contribution in [0.3, 0.4) is 0 Å². The Morgan fingerprint density at radius 3 is 2.22 bits per heavy atom. The summed E-state index contributed by atoms with van der Waals surface area (Å²) in [6, 6.07) is 8.16. The number of allylic oxidation sites excluding steroid dienone is 2. The van der Waals surface area contributed by atoms with Gasteiger partial charge in [-0.1, -0.05) is 24.3 Å². The molecule has 204 valence electrons. The lowest BCUT2D eigenvalue weighted by molar-refractivity contribution is -0.00465. The molecule has 1 aromatic rings. The predicted octanol–water partition coefficient (Wildman–Crippen LogP) is 7.69. The second kappa shape index (κ2) is 13.2. The van der Waals surface area contributed by atoms with E-state index in [4.69, 9.17) is 28.0 Å². The van der Waals surface area contributed by atoms with Gasteiger partial charge in [-0.3, -0.25) is 13.6 Å². The van der Waals surface area contributed by atoms with Gasteiger partial charge in [0.1, 0.15) is 17.9 Å². The molecular weight excluding hydrogens is 477 g/mol. The molecule has 2 rings (SSSR count). The van der Waals surface area contributed by atoms with Crippen molar-refractivity contribution in [1.29, 1.82) is 0 Å². The van der Waals surface area contributed by atoms with Gasteiger partial charge in [0.05, 0.1) is 24.4 Å². The van der Waals surface area contributed by atoms with Crippen molar-refractivity contribution >= 4 is 13.7 Å². The predicted molar refractivity (Wildman–Crippen MR) is 146 cm³/mol. The first-order valence-electron chi connectivity index (χ1n) is 12.9. The van der Waals surface area contributed by atoms with Crippen molar-refractivity contribution in [2.24, 2.45) is 4.99 Å². The van der Waals surface area contributed by atoms with Crippen LogP contribution < -0.4 is 4.74 Å². The highest BCUT2D eigenvalue weighted by Crippen LogP contribution is 2.56. The van der Waals surface area contributed by atoms with Crippen molar-refractivity contribution in [3.63, 3.8) is 0 Å². The molecule has 36 heavy (non-hydrogen) atoms. The molecule has 1 aliphatic rings. The molecule has 7 nitrogen and oxygen atoms in total. The van der Waals surface area contributed by atoms with Gasteiger partial charge in [0, 0.05) is 6.92 Å². The first-order chi connectivity index (χ1) is 16.7. The van der Waals surface area contributed by atoms with Gasteiger partial charge in [0.25, 0.3) is 0 Å². The zero-order valence-electron chi connectivity index (χ0n) is 23.5. The van der Waals surface area contributed by atoms with Crippen LogP contribution >= 0.6 is 7.82 Å². The van der Waals surface area contributed by atoms with Crippen LogP contribution in [0.1, 0.15) is 86.6 Å². The number of hydrogen-bond donors (Lipinski definition) is 0. The van der Waals surface area contributed by atoms with E-state index in [1.54, 1.807) is 0 Å². The monoisotopic (exact) mass is 523 g/mol. The molecule has 1 atom stereocenters. The summed E-state index contributed by atoms with van der Waals surface area (Å²) in [5.74, 6) is 1.47. The topological polar surface area (TPSA) is 75.6 Å². The average molecular weight is 524 g/mol. The van der Waals surface area contributed by atoms with Gasteiger partial charge in [-0.2, -0.15) is 0 Å². The number of phosphoric acid groups is 1. The Bertz CT molecular complexity index is 893. The van der Waals surface area contributed by atoms with Gasteiger partial charge in [0.15, 0.2) is 5.90 Å². The number of phosphoric ester groups is 1. The molecule has 8 heteroatoms. The fraction of sp³-hybridized carbons (Fsp3) is 0.679. The highest BCUT2D eigenvalue weighted by atomic mass is 31.2. The normalized spacial score (nSPS) is 18.9. The Labute approximate surface area is 218 Å². The van der Waals surface area contributed by atoms with Gasteiger partial charge >= 0.3 is 7.82 Å². The average Bonchev–Trinajstić information content (AvgIpc) is 3.13. The van der Waals surface area contributed by atoms with E-state index < -0.39 is 24.6 Å². The molecule has 0 fully saturated rings. The third kappa shape index (κ3) is 11.6. The Morgan fingerprint density at radius 1 is 1.06 bits per heavy atom. The van der Waals surface area contributed by atoms with Crippen LogP contribution in [0.25, 0.3) is 0 Å². The SMILES string of the molecule is CC=CCCCCOc1ccc(CCC2(COP(=O)(OC(C)(C)C)OC(C)(C)C)COC(C)=N2)cc1. The maximum absolute atomic E-state index is 13.5. The van der Waals surface area contributed by atoms with Gasteiger partial charge in [-0.15, -0.1) is 0 Å². The Balaban J connectivity index is 1.99. The number of benzene rings is 1. The zero-order valence-corrected chi connectivity index (χ0v) is 24.4. The molecule has 1 aromatic carbocycles. The first kappa shape index (κ1) is 30.6. The van der Waals surface area contributed by atoms with Crippen LogP contribution in [-0.4, -0.2) is 42.5 Å². The fourth-order valence-corrected chi connectivity index (χ4v) is 5.59. The number of unbranched alkanes of at least 4 members (excludes halogenated alkanes) is 2.